The van der Waals surface area contributed by atoms with Crippen LogP contribution in [0.2, 0.25) is 0 Å². The monoisotopic (exact) mass is 214 g/mol. The normalized spacial score (nSPS) is 12.5. The van der Waals surface area contributed by atoms with Crippen LogP contribution >= 0.6 is 0 Å². The summed E-state index contributed by atoms with van der Waals surface area (Å²) in [7, 11) is 2.82. The van der Waals surface area contributed by atoms with Gasteiger partial charge in [0.05, 0.1) is 13.5 Å². The maximum atomic E-state index is 10.9. The fourth-order valence-electron chi connectivity index (χ4n) is 1.14. The number of hydrogen-bond donors (Lipinski definition) is 1. The summed E-state index contributed by atoms with van der Waals surface area (Å²) in [5.41, 5.74) is 0. The third-order valence-electron chi connectivity index (χ3n) is 1.89. The summed E-state index contributed by atoms with van der Waals surface area (Å²) < 4.78 is 14.5. The van der Waals surface area contributed by atoms with E-state index in [-0.39, 0.29) is 6.42 Å². The average Bonchev–Trinajstić information content (AvgIpc) is 2.67. The molecule has 0 amide bonds. The summed E-state index contributed by atoms with van der Waals surface area (Å²) in [6.45, 7) is 0.338. The lowest BCUT2D eigenvalue weighted by Crippen LogP contribution is -2.07. The third-order valence-corrected chi connectivity index (χ3v) is 1.89. The lowest BCUT2D eigenvalue weighted by Gasteiger charge is -2.05. The molecule has 1 aromatic rings. The number of rotatable bonds is 5. The van der Waals surface area contributed by atoms with Gasteiger partial charge in [-0.05, 0) is 12.1 Å². The molecular weight excluding hydrogens is 200 g/mol. The highest BCUT2D eigenvalue weighted by atomic mass is 16.5. The number of methoxy groups -OCH3 is 2. The first-order chi connectivity index (χ1) is 7.17. The molecule has 0 bridgehead atoms. The van der Waals surface area contributed by atoms with Crippen LogP contribution in [-0.2, 0) is 20.9 Å². The lowest BCUT2D eigenvalue weighted by molar-refractivity contribution is -0.143. The molecule has 1 unspecified atom stereocenters. The Morgan fingerprint density at radius 3 is 2.87 bits per heavy atom. The maximum Gasteiger partial charge on any atom is 0.308 e. The second-order valence-electron chi connectivity index (χ2n) is 3.03. The highest BCUT2D eigenvalue weighted by Crippen LogP contribution is 2.20. The first kappa shape index (κ1) is 11.7. The van der Waals surface area contributed by atoms with Crippen molar-refractivity contribution in [1.82, 2.24) is 0 Å². The van der Waals surface area contributed by atoms with E-state index in [2.05, 4.69) is 4.74 Å². The molecule has 0 aliphatic carbocycles. The number of esters is 1. The molecule has 0 saturated carbocycles. The zero-order valence-corrected chi connectivity index (χ0v) is 8.73. The van der Waals surface area contributed by atoms with E-state index in [0.29, 0.717) is 18.1 Å². The minimum atomic E-state index is -0.969. The van der Waals surface area contributed by atoms with Crippen LogP contribution in [0.1, 0.15) is 24.0 Å². The predicted molar refractivity (Wildman–Crippen MR) is 51.0 cm³/mol. The third kappa shape index (κ3) is 3.38. The molecule has 5 nitrogen and oxygen atoms in total. The summed E-state index contributed by atoms with van der Waals surface area (Å²) >= 11 is 0. The summed E-state index contributed by atoms with van der Waals surface area (Å²) in [4.78, 5) is 10.9. The molecule has 1 aromatic heterocycles. The van der Waals surface area contributed by atoms with Gasteiger partial charge in [0.25, 0.3) is 0 Å². The van der Waals surface area contributed by atoms with E-state index in [0.717, 1.165) is 0 Å². The van der Waals surface area contributed by atoms with E-state index in [1.807, 2.05) is 0 Å². The topological polar surface area (TPSA) is 68.9 Å². The highest BCUT2D eigenvalue weighted by molar-refractivity contribution is 5.69. The molecule has 0 aliphatic heterocycles. The Bertz CT molecular complexity index is 317. The first-order valence-corrected chi connectivity index (χ1v) is 4.49. The summed E-state index contributed by atoms with van der Waals surface area (Å²) in [6.07, 6.45) is -1.08. The number of carbonyl (C=O) groups is 1. The number of ether oxygens (including phenoxy) is 2. The van der Waals surface area contributed by atoms with Crippen LogP contribution in [0.25, 0.3) is 0 Å². The molecule has 1 N–H and O–H groups in total. The summed E-state index contributed by atoms with van der Waals surface area (Å²) in [5.74, 6) is 0.469. The minimum Gasteiger partial charge on any atom is -0.469 e. The Morgan fingerprint density at radius 2 is 2.27 bits per heavy atom. The number of furan rings is 1. The maximum absolute atomic E-state index is 10.9. The number of aliphatic hydroxyl groups is 1. The van der Waals surface area contributed by atoms with Gasteiger partial charge in [0, 0.05) is 7.11 Å². The van der Waals surface area contributed by atoms with Gasteiger partial charge in [-0.3, -0.25) is 4.79 Å². The van der Waals surface area contributed by atoms with Gasteiger partial charge in [0.15, 0.2) is 0 Å². The van der Waals surface area contributed by atoms with Crippen molar-refractivity contribution in [3.63, 3.8) is 0 Å². The van der Waals surface area contributed by atoms with Crippen molar-refractivity contribution >= 4 is 5.97 Å². The van der Waals surface area contributed by atoms with Crippen LogP contribution < -0.4 is 0 Å². The SMILES string of the molecule is COCc1ccc(C(O)CC(=O)OC)o1. The van der Waals surface area contributed by atoms with Crippen LogP contribution in [0.3, 0.4) is 0 Å². The van der Waals surface area contributed by atoms with E-state index >= 15 is 0 Å². The molecular formula is C10H14O5. The largest absolute Gasteiger partial charge is 0.469 e. The van der Waals surface area contributed by atoms with Crippen molar-refractivity contribution in [2.75, 3.05) is 14.2 Å². The standard InChI is InChI=1S/C10H14O5/c1-13-6-7-3-4-9(15-7)8(11)5-10(12)14-2/h3-4,8,11H,5-6H2,1-2H3. The fourth-order valence-corrected chi connectivity index (χ4v) is 1.14. The van der Waals surface area contributed by atoms with Gasteiger partial charge < -0.3 is 19.0 Å². The van der Waals surface area contributed by atoms with E-state index in [1.165, 1.54) is 7.11 Å². The van der Waals surface area contributed by atoms with Crippen molar-refractivity contribution in [3.05, 3.63) is 23.7 Å². The highest BCUT2D eigenvalue weighted by Gasteiger charge is 2.16. The van der Waals surface area contributed by atoms with Gasteiger partial charge >= 0.3 is 5.97 Å². The average molecular weight is 214 g/mol. The van der Waals surface area contributed by atoms with Crippen molar-refractivity contribution in [2.45, 2.75) is 19.1 Å². The Labute approximate surface area is 87.6 Å². The first-order valence-electron chi connectivity index (χ1n) is 4.49. The van der Waals surface area contributed by atoms with Gasteiger partial charge in [-0.25, -0.2) is 0 Å². The number of aliphatic hydroxyl groups excluding tert-OH is 1. The number of carbonyl (C=O) groups excluding carboxylic acids is 1. The molecule has 0 aliphatic rings. The molecule has 15 heavy (non-hydrogen) atoms. The Morgan fingerprint density at radius 1 is 1.53 bits per heavy atom. The number of hydrogen-bond acceptors (Lipinski definition) is 5. The van der Waals surface area contributed by atoms with Crippen molar-refractivity contribution in [2.24, 2.45) is 0 Å². The molecule has 1 atom stereocenters. The minimum absolute atomic E-state index is 0.115. The van der Waals surface area contributed by atoms with Crippen LogP contribution in [-0.4, -0.2) is 25.3 Å². The lowest BCUT2D eigenvalue weighted by atomic mass is 10.2. The van der Waals surface area contributed by atoms with Crippen LogP contribution in [0.4, 0.5) is 0 Å². The molecule has 1 rings (SSSR count). The van der Waals surface area contributed by atoms with E-state index < -0.39 is 12.1 Å². The molecule has 0 spiro atoms. The van der Waals surface area contributed by atoms with E-state index in [1.54, 1.807) is 19.2 Å². The van der Waals surface area contributed by atoms with Gasteiger partial charge in [-0.1, -0.05) is 0 Å². The Kier molecular flexibility index (Phi) is 4.33. The molecule has 0 radical (unpaired) electrons. The van der Waals surface area contributed by atoms with Crippen molar-refractivity contribution in [3.8, 4) is 0 Å². The summed E-state index contributed by atoms with van der Waals surface area (Å²) in [5, 5.41) is 9.57. The Balaban J connectivity index is 2.57. The van der Waals surface area contributed by atoms with Crippen LogP contribution in [0, 0.1) is 0 Å². The quantitative estimate of drug-likeness (QED) is 0.741. The fraction of sp³-hybridized carbons (Fsp3) is 0.500. The van der Waals surface area contributed by atoms with E-state index in [9.17, 15) is 9.90 Å². The van der Waals surface area contributed by atoms with Gasteiger partial charge in [-0.2, -0.15) is 0 Å². The van der Waals surface area contributed by atoms with Gasteiger partial charge in [0.2, 0.25) is 0 Å². The Hall–Kier alpha value is -1.33. The zero-order valence-electron chi connectivity index (χ0n) is 8.73. The molecule has 5 heteroatoms. The van der Waals surface area contributed by atoms with Crippen molar-refractivity contribution in [1.29, 1.82) is 0 Å². The van der Waals surface area contributed by atoms with Gasteiger partial charge in [0.1, 0.15) is 24.2 Å². The predicted octanol–water partition coefficient (Wildman–Crippen LogP) is 1.02. The van der Waals surface area contributed by atoms with E-state index in [4.69, 9.17) is 9.15 Å². The zero-order chi connectivity index (χ0) is 11.3. The molecule has 84 valence electrons. The molecule has 0 aromatic carbocycles. The van der Waals surface area contributed by atoms with Crippen LogP contribution in [0.15, 0.2) is 16.5 Å². The van der Waals surface area contributed by atoms with Crippen molar-refractivity contribution < 1.29 is 23.8 Å². The smallest absolute Gasteiger partial charge is 0.308 e. The second kappa shape index (κ2) is 5.53. The molecule has 1 heterocycles. The molecule has 0 fully saturated rings. The molecule has 0 saturated heterocycles. The van der Waals surface area contributed by atoms with Gasteiger partial charge in [-0.15, -0.1) is 0 Å². The summed E-state index contributed by atoms with van der Waals surface area (Å²) in [6, 6.07) is 3.31. The second-order valence-corrected chi connectivity index (χ2v) is 3.03. The van der Waals surface area contributed by atoms with Crippen LogP contribution in [0.5, 0.6) is 0 Å².